The Hall–Kier alpha value is -5.28. The van der Waals surface area contributed by atoms with Crippen LogP contribution in [0, 0.1) is 17.6 Å². The first kappa shape index (κ1) is 33.2. The van der Waals surface area contributed by atoms with E-state index in [9.17, 15) is 23.6 Å². The topological polar surface area (TPSA) is 135 Å². The van der Waals surface area contributed by atoms with Gasteiger partial charge in [0.25, 0.3) is 11.5 Å². The molecule has 2 amide bonds. The summed E-state index contributed by atoms with van der Waals surface area (Å²) >= 11 is 0. The average molecular weight is 687 g/mol. The second-order valence-electron chi connectivity index (χ2n) is 13.0. The van der Waals surface area contributed by atoms with Crippen LogP contribution in [-0.4, -0.2) is 91.9 Å². The number of rotatable bonds is 9. The summed E-state index contributed by atoms with van der Waals surface area (Å²) in [5.74, 6) is -1.87. The van der Waals surface area contributed by atoms with Crippen molar-refractivity contribution in [3.8, 4) is 17.3 Å². The number of piperazine rings is 1. The van der Waals surface area contributed by atoms with E-state index in [1.807, 2.05) is 0 Å². The van der Waals surface area contributed by atoms with Crippen LogP contribution in [0.15, 0.2) is 64.6 Å². The monoisotopic (exact) mass is 686 g/mol. The predicted octanol–water partition coefficient (Wildman–Crippen LogP) is 2.65. The zero-order valence-corrected chi connectivity index (χ0v) is 27.5. The lowest BCUT2D eigenvalue weighted by atomic mass is 10.1. The maximum Gasteiger partial charge on any atom is 0.335 e. The van der Waals surface area contributed by atoms with Crippen molar-refractivity contribution in [2.45, 2.75) is 32.4 Å². The summed E-state index contributed by atoms with van der Waals surface area (Å²) < 4.78 is 37.0. The fourth-order valence-electron chi connectivity index (χ4n) is 6.17. The highest BCUT2D eigenvalue weighted by Gasteiger charge is 2.28. The third-order valence-electron chi connectivity index (χ3n) is 9.31. The SMILES string of the molecule is CN1CCN(CC(=O)N2CCc3c(ncnc3Oc3ccc(NC(=O)c4cn(CC5CC5)c(=O)n(-c5ccc(F)cc5)c4=O)cc3F)C2)CC1. The van der Waals surface area contributed by atoms with Crippen LogP contribution >= 0.6 is 0 Å². The maximum absolute atomic E-state index is 15.4. The van der Waals surface area contributed by atoms with Crippen LogP contribution in [0.25, 0.3) is 5.69 Å². The molecule has 1 saturated heterocycles. The standard InChI is InChI=1S/C35H36F2N8O5/c1-41-12-14-42(15-13-41)20-31(46)43-11-10-26-29(19-43)38-21-39-33(26)50-30-9-6-24(16-28(30)37)40-32(47)27-18-44(17-22-2-3-22)35(49)45(34(27)48)25-7-4-23(36)5-8-25/h4-9,16,18,21-22H,2-3,10-15,17,19-20H2,1H3,(H,40,47). The van der Waals surface area contributed by atoms with Crippen LogP contribution in [0.1, 0.15) is 34.5 Å². The van der Waals surface area contributed by atoms with Gasteiger partial charge in [0, 0.05) is 62.8 Å². The molecule has 0 unspecified atom stereocenters. The van der Waals surface area contributed by atoms with Gasteiger partial charge in [-0.1, -0.05) is 0 Å². The predicted molar refractivity (Wildman–Crippen MR) is 178 cm³/mol. The number of benzene rings is 2. The zero-order chi connectivity index (χ0) is 34.9. The number of nitrogens with one attached hydrogen (secondary N) is 1. The lowest BCUT2D eigenvalue weighted by Crippen LogP contribution is -2.49. The Bertz CT molecular complexity index is 2060. The van der Waals surface area contributed by atoms with E-state index in [1.165, 1.54) is 41.4 Å². The molecule has 4 aromatic rings. The third kappa shape index (κ3) is 7.19. The molecule has 4 heterocycles. The van der Waals surface area contributed by atoms with Crippen molar-refractivity contribution in [1.82, 2.24) is 33.8 Å². The fourth-order valence-corrected chi connectivity index (χ4v) is 6.17. The minimum atomic E-state index is -0.889. The molecule has 0 radical (unpaired) electrons. The molecule has 2 aliphatic heterocycles. The number of nitrogens with zero attached hydrogens (tertiary/aromatic N) is 7. The summed E-state index contributed by atoms with van der Waals surface area (Å²) in [6.45, 7) is 4.94. The minimum Gasteiger partial charge on any atom is -0.436 e. The first-order valence-corrected chi connectivity index (χ1v) is 16.6. The zero-order valence-electron chi connectivity index (χ0n) is 27.5. The van der Waals surface area contributed by atoms with Crippen molar-refractivity contribution >= 4 is 17.5 Å². The van der Waals surface area contributed by atoms with Gasteiger partial charge >= 0.3 is 5.69 Å². The van der Waals surface area contributed by atoms with Crippen LogP contribution in [0.4, 0.5) is 14.5 Å². The number of halogens is 2. The number of hydrogen-bond donors (Lipinski definition) is 1. The Labute approximate surface area is 285 Å². The van der Waals surface area contributed by atoms with Crippen molar-refractivity contribution in [2.24, 2.45) is 5.92 Å². The Morgan fingerprint density at radius 2 is 1.74 bits per heavy atom. The molecule has 1 saturated carbocycles. The van der Waals surface area contributed by atoms with Crippen molar-refractivity contribution < 1.29 is 23.1 Å². The summed E-state index contributed by atoms with van der Waals surface area (Å²) in [6.07, 6.45) is 4.81. The highest BCUT2D eigenvalue weighted by molar-refractivity contribution is 6.03. The van der Waals surface area contributed by atoms with Gasteiger partial charge in [0.15, 0.2) is 11.6 Å². The lowest BCUT2D eigenvalue weighted by Gasteiger charge is -2.34. The molecule has 50 heavy (non-hydrogen) atoms. The summed E-state index contributed by atoms with van der Waals surface area (Å²) in [7, 11) is 2.07. The Morgan fingerprint density at radius 1 is 0.980 bits per heavy atom. The second-order valence-corrected chi connectivity index (χ2v) is 13.0. The lowest BCUT2D eigenvalue weighted by molar-refractivity contribution is -0.133. The molecule has 1 aliphatic carbocycles. The average Bonchev–Trinajstić information content (AvgIpc) is 3.93. The molecular weight excluding hydrogens is 650 g/mol. The van der Waals surface area contributed by atoms with E-state index in [1.54, 1.807) is 4.90 Å². The minimum absolute atomic E-state index is 0.0287. The molecule has 2 aromatic carbocycles. The van der Waals surface area contributed by atoms with E-state index < -0.39 is 28.8 Å². The molecule has 2 fully saturated rings. The van der Waals surface area contributed by atoms with Crippen LogP contribution < -0.4 is 21.3 Å². The number of carbonyl (C=O) groups is 2. The van der Waals surface area contributed by atoms with E-state index in [4.69, 9.17) is 4.74 Å². The Balaban J connectivity index is 1.05. The summed E-state index contributed by atoms with van der Waals surface area (Å²) in [5, 5.41) is 2.54. The van der Waals surface area contributed by atoms with Gasteiger partial charge in [-0.2, -0.15) is 0 Å². The highest BCUT2D eigenvalue weighted by Crippen LogP contribution is 2.32. The largest absolute Gasteiger partial charge is 0.436 e. The smallest absolute Gasteiger partial charge is 0.335 e. The highest BCUT2D eigenvalue weighted by atomic mass is 19.1. The van der Waals surface area contributed by atoms with E-state index in [0.717, 1.165) is 61.8 Å². The Kier molecular flexibility index (Phi) is 9.25. The summed E-state index contributed by atoms with van der Waals surface area (Å²) in [6, 6.07) is 8.62. The van der Waals surface area contributed by atoms with Crippen molar-refractivity contribution in [3.05, 3.63) is 104 Å². The van der Waals surface area contributed by atoms with E-state index in [0.29, 0.717) is 43.9 Å². The maximum atomic E-state index is 15.4. The van der Waals surface area contributed by atoms with Crippen LogP contribution in [0.5, 0.6) is 11.6 Å². The number of anilines is 1. The van der Waals surface area contributed by atoms with Crippen LogP contribution in [0.3, 0.4) is 0 Å². The second kappa shape index (κ2) is 13.9. The third-order valence-corrected chi connectivity index (χ3v) is 9.31. The Morgan fingerprint density at radius 3 is 2.46 bits per heavy atom. The number of fused-ring (bicyclic) bond motifs is 1. The fraction of sp³-hybridized carbons (Fsp3) is 0.371. The molecule has 1 N–H and O–H groups in total. The number of carbonyl (C=O) groups excluding carboxylic acids is 2. The van der Waals surface area contributed by atoms with Gasteiger partial charge in [-0.25, -0.2) is 28.1 Å². The van der Waals surface area contributed by atoms with Crippen LogP contribution in [-0.2, 0) is 24.3 Å². The van der Waals surface area contributed by atoms with Gasteiger partial charge in [0.05, 0.1) is 24.5 Å². The van der Waals surface area contributed by atoms with Gasteiger partial charge in [0.2, 0.25) is 11.8 Å². The van der Waals surface area contributed by atoms with Crippen molar-refractivity contribution in [1.29, 1.82) is 0 Å². The van der Waals surface area contributed by atoms with Gasteiger partial charge in [-0.3, -0.25) is 23.9 Å². The number of hydrogen-bond acceptors (Lipinski definition) is 9. The van der Waals surface area contributed by atoms with E-state index >= 15 is 4.39 Å². The molecule has 0 spiro atoms. The quantitative estimate of drug-likeness (QED) is 0.282. The molecule has 7 rings (SSSR count). The van der Waals surface area contributed by atoms with Gasteiger partial charge < -0.3 is 19.9 Å². The van der Waals surface area contributed by atoms with Gasteiger partial charge in [-0.15, -0.1) is 0 Å². The first-order valence-electron chi connectivity index (χ1n) is 16.6. The molecule has 3 aliphatic rings. The normalized spacial score (nSPS) is 16.6. The van der Waals surface area contributed by atoms with Crippen LogP contribution in [0.2, 0.25) is 0 Å². The van der Waals surface area contributed by atoms with E-state index in [2.05, 4.69) is 32.1 Å². The van der Waals surface area contributed by atoms with Crippen molar-refractivity contribution in [3.63, 3.8) is 0 Å². The number of amides is 2. The molecule has 260 valence electrons. The molecule has 13 nitrogen and oxygen atoms in total. The number of aromatic nitrogens is 4. The summed E-state index contributed by atoms with van der Waals surface area (Å²) in [5.41, 5.74) is -0.386. The molecule has 15 heteroatoms. The van der Waals surface area contributed by atoms with Gasteiger partial charge in [0.1, 0.15) is 17.7 Å². The molecule has 2 aromatic heterocycles. The number of likely N-dealkylation sites (N-methyl/N-ethyl adjacent to an activating group) is 1. The van der Waals surface area contributed by atoms with E-state index in [-0.39, 0.29) is 40.4 Å². The molecule has 0 atom stereocenters. The molecular formula is C35H36F2N8O5. The van der Waals surface area contributed by atoms with Crippen molar-refractivity contribution in [2.75, 3.05) is 51.6 Å². The van der Waals surface area contributed by atoms with Gasteiger partial charge in [-0.05, 0) is 68.6 Å². The summed E-state index contributed by atoms with van der Waals surface area (Å²) in [4.78, 5) is 67.8. The first-order chi connectivity index (χ1) is 24.1. The molecule has 0 bridgehead atoms. The number of ether oxygens (including phenoxy) is 1.